The molecule has 0 unspecified atom stereocenters. The first-order chi connectivity index (χ1) is 14.8. The van der Waals surface area contributed by atoms with Crippen molar-refractivity contribution in [2.24, 2.45) is 0 Å². The van der Waals surface area contributed by atoms with Gasteiger partial charge in [-0.05, 0) is 36.8 Å². The molecule has 0 aliphatic carbocycles. The highest BCUT2D eigenvalue weighted by atomic mass is 32.2. The molecular weight excluding hydrogens is 436 g/mol. The van der Waals surface area contributed by atoms with E-state index in [1.807, 2.05) is 18.2 Å². The third-order valence-corrected chi connectivity index (χ3v) is 7.87. The molecule has 1 amide bonds. The molecule has 0 saturated heterocycles. The number of thioether (sulfide) groups is 1. The smallest absolute Gasteiger partial charge is 0.243 e. The van der Waals surface area contributed by atoms with Gasteiger partial charge in [-0.3, -0.25) is 4.79 Å². The molecule has 0 bridgehead atoms. The van der Waals surface area contributed by atoms with Crippen LogP contribution in [-0.4, -0.2) is 54.6 Å². The molecule has 3 rings (SSSR count). The molecule has 0 saturated carbocycles. The number of anilines is 1. The molecule has 8 nitrogen and oxygen atoms in total. The number of ether oxygens (including phenoxy) is 1. The number of hydrogen-bond acceptors (Lipinski definition) is 6. The van der Waals surface area contributed by atoms with Crippen LogP contribution in [0.15, 0.2) is 46.5 Å². The molecular formula is C21H26N4O4S2. The van der Waals surface area contributed by atoms with E-state index in [-0.39, 0.29) is 16.6 Å². The molecule has 0 spiro atoms. The summed E-state index contributed by atoms with van der Waals surface area (Å²) in [6.07, 6.45) is 0. The van der Waals surface area contributed by atoms with E-state index >= 15 is 0 Å². The zero-order valence-electron chi connectivity index (χ0n) is 17.9. The average Bonchev–Trinajstić information content (AvgIpc) is 3.16. The second-order valence-electron chi connectivity index (χ2n) is 6.83. The molecule has 1 aromatic heterocycles. The zero-order chi connectivity index (χ0) is 22.6. The number of nitrogens with one attached hydrogen (secondary N) is 2. The van der Waals surface area contributed by atoms with Crippen LogP contribution in [-0.2, 0) is 14.8 Å². The number of methoxy groups -OCH3 is 1. The Morgan fingerprint density at radius 2 is 1.94 bits per heavy atom. The van der Waals surface area contributed by atoms with Gasteiger partial charge in [0.05, 0.1) is 28.8 Å². The maximum atomic E-state index is 12.9. The van der Waals surface area contributed by atoms with Crippen molar-refractivity contribution in [3.05, 3.63) is 42.0 Å². The molecule has 2 aromatic carbocycles. The first kappa shape index (κ1) is 23.1. The van der Waals surface area contributed by atoms with Gasteiger partial charge in [0.2, 0.25) is 15.9 Å². The Morgan fingerprint density at radius 3 is 2.61 bits per heavy atom. The number of H-pyrrole nitrogens is 1. The summed E-state index contributed by atoms with van der Waals surface area (Å²) in [7, 11) is -2.02. The minimum absolute atomic E-state index is 0.128. The van der Waals surface area contributed by atoms with Crippen molar-refractivity contribution in [1.29, 1.82) is 0 Å². The van der Waals surface area contributed by atoms with E-state index < -0.39 is 10.0 Å². The molecule has 3 aromatic rings. The summed E-state index contributed by atoms with van der Waals surface area (Å²) in [6, 6.07) is 10.4. The fourth-order valence-corrected chi connectivity index (χ4v) is 5.54. The first-order valence-corrected chi connectivity index (χ1v) is 12.3. The Labute approximate surface area is 186 Å². The monoisotopic (exact) mass is 462 g/mol. The molecule has 0 fully saturated rings. The number of carbonyl (C=O) groups excluding carboxylic acids is 1. The Hall–Kier alpha value is -2.56. The summed E-state index contributed by atoms with van der Waals surface area (Å²) in [5, 5.41) is 3.39. The van der Waals surface area contributed by atoms with E-state index in [4.69, 9.17) is 4.74 Å². The Morgan fingerprint density at radius 1 is 1.19 bits per heavy atom. The minimum atomic E-state index is -3.61. The maximum Gasteiger partial charge on any atom is 0.243 e. The Balaban J connectivity index is 1.69. The summed E-state index contributed by atoms with van der Waals surface area (Å²) in [6.45, 7) is 6.11. The van der Waals surface area contributed by atoms with Crippen molar-refractivity contribution in [1.82, 2.24) is 14.3 Å². The summed E-state index contributed by atoms with van der Waals surface area (Å²) in [5.41, 5.74) is 2.69. The van der Waals surface area contributed by atoms with Gasteiger partial charge < -0.3 is 15.0 Å². The van der Waals surface area contributed by atoms with E-state index in [1.165, 1.54) is 22.1 Å². The molecule has 2 N–H and O–H groups in total. The van der Waals surface area contributed by atoms with E-state index in [0.29, 0.717) is 29.5 Å². The largest absolute Gasteiger partial charge is 0.497 e. The third-order valence-electron chi connectivity index (χ3n) is 4.80. The van der Waals surface area contributed by atoms with Gasteiger partial charge in [0, 0.05) is 24.8 Å². The normalized spacial score (nSPS) is 11.8. The van der Waals surface area contributed by atoms with Crippen LogP contribution in [0.25, 0.3) is 11.0 Å². The van der Waals surface area contributed by atoms with Gasteiger partial charge in [0.25, 0.3) is 0 Å². The van der Waals surface area contributed by atoms with Crippen molar-refractivity contribution in [2.75, 3.05) is 31.3 Å². The number of aromatic nitrogens is 2. The van der Waals surface area contributed by atoms with Gasteiger partial charge in [-0.15, -0.1) is 0 Å². The summed E-state index contributed by atoms with van der Waals surface area (Å²) in [4.78, 5) is 20.3. The number of amides is 1. The number of aromatic amines is 1. The van der Waals surface area contributed by atoms with Gasteiger partial charge in [0.1, 0.15) is 5.75 Å². The predicted molar refractivity (Wildman–Crippen MR) is 123 cm³/mol. The third kappa shape index (κ3) is 5.20. The number of carbonyl (C=O) groups is 1. The van der Waals surface area contributed by atoms with Gasteiger partial charge in [0.15, 0.2) is 5.16 Å². The molecule has 1 heterocycles. The number of benzene rings is 2. The van der Waals surface area contributed by atoms with Gasteiger partial charge >= 0.3 is 0 Å². The fraction of sp³-hybridized carbons (Fsp3) is 0.333. The fourth-order valence-electron chi connectivity index (χ4n) is 3.15. The predicted octanol–water partition coefficient (Wildman–Crippen LogP) is 3.64. The highest BCUT2D eigenvalue weighted by molar-refractivity contribution is 7.99. The second-order valence-corrected chi connectivity index (χ2v) is 9.70. The van der Waals surface area contributed by atoms with Crippen LogP contribution >= 0.6 is 11.8 Å². The number of fused-ring (bicyclic) bond motifs is 1. The van der Waals surface area contributed by atoms with Gasteiger partial charge in [-0.2, -0.15) is 4.31 Å². The molecule has 0 radical (unpaired) electrons. The average molecular weight is 463 g/mol. The molecule has 166 valence electrons. The van der Waals surface area contributed by atoms with Crippen molar-refractivity contribution in [3.8, 4) is 5.75 Å². The summed E-state index contributed by atoms with van der Waals surface area (Å²) in [5.74, 6) is 0.599. The lowest BCUT2D eigenvalue weighted by molar-refractivity contribution is -0.113. The van der Waals surface area contributed by atoms with Crippen LogP contribution in [0.5, 0.6) is 5.75 Å². The lowest BCUT2D eigenvalue weighted by atomic mass is 10.2. The molecule has 0 aliphatic heterocycles. The van der Waals surface area contributed by atoms with E-state index in [9.17, 15) is 13.2 Å². The van der Waals surface area contributed by atoms with Crippen LogP contribution in [0.2, 0.25) is 0 Å². The SMILES string of the molecule is CCN(CC)S(=O)(=O)c1cc(NC(=O)CSc2nc3ccc(OC)cc3[nH]2)ccc1C. The number of nitrogens with zero attached hydrogens (tertiary/aromatic N) is 2. The first-order valence-electron chi connectivity index (χ1n) is 9.85. The van der Waals surface area contributed by atoms with E-state index in [2.05, 4.69) is 15.3 Å². The standard InChI is InChI=1S/C21H26N4O4S2/c1-5-25(6-2)31(27,28)19-11-15(8-7-14(19)3)22-20(26)13-30-21-23-17-10-9-16(29-4)12-18(17)24-21/h7-12H,5-6,13H2,1-4H3,(H,22,26)(H,23,24). The van der Waals surface area contributed by atoms with E-state index in [1.54, 1.807) is 40.0 Å². The van der Waals surface area contributed by atoms with Crippen molar-refractivity contribution < 1.29 is 17.9 Å². The van der Waals surface area contributed by atoms with Crippen molar-refractivity contribution in [2.45, 2.75) is 30.8 Å². The number of aryl methyl sites for hydroxylation is 1. The second kappa shape index (κ2) is 9.71. The lowest BCUT2D eigenvalue weighted by Crippen LogP contribution is -2.31. The molecule has 0 aliphatic rings. The van der Waals surface area contributed by atoms with Crippen LogP contribution in [0.4, 0.5) is 5.69 Å². The highest BCUT2D eigenvalue weighted by Gasteiger charge is 2.24. The number of imidazole rings is 1. The summed E-state index contributed by atoms with van der Waals surface area (Å²) >= 11 is 1.27. The topological polar surface area (TPSA) is 104 Å². The number of sulfonamides is 1. The molecule has 31 heavy (non-hydrogen) atoms. The van der Waals surface area contributed by atoms with Gasteiger partial charge in [-0.1, -0.05) is 31.7 Å². The summed E-state index contributed by atoms with van der Waals surface area (Å²) < 4.78 is 32.4. The number of rotatable bonds is 9. The lowest BCUT2D eigenvalue weighted by Gasteiger charge is -2.20. The number of hydrogen-bond donors (Lipinski definition) is 2. The highest BCUT2D eigenvalue weighted by Crippen LogP contribution is 2.25. The van der Waals surface area contributed by atoms with Crippen molar-refractivity contribution in [3.63, 3.8) is 0 Å². The molecule has 10 heteroatoms. The van der Waals surface area contributed by atoms with Gasteiger partial charge in [-0.25, -0.2) is 13.4 Å². The van der Waals surface area contributed by atoms with Crippen LogP contribution in [0.3, 0.4) is 0 Å². The Bertz CT molecular complexity index is 1190. The van der Waals surface area contributed by atoms with Crippen LogP contribution < -0.4 is 10.1 Å². The quantitative estimate of drug-likeness (QED) is 0.471. The van der Waals surface area contributed by atoms with Crippen molar-refractivity contribution >= 4 is 44.4 Å². The Kier molecular flexibility index (Phi) is 7.24. The maximum absolute atomic E-state index is 12.9. The van der Waals surface area contributed by atoms with Crippen LogP contribution in [0.1, 0.15) is 19.4 Å². The van der Waals surface area contributed by atoms with Crippen LogP contribution in [0, 0.1) is 6.92 Å². The molecule has 0 atom stereocenters. The van der Waals surface area contributed by atoms with E-state index in [0.717, 1.165) is 16.8 Å². The minimum Gasteiger partial charge on any atom is -0.497 e. The zero-order valence-corrected chi connectivity index (χ0v) is 19.6.